The number of ether oxygens (including phenoxy) is 2. The number of rotatable bonds is 6. The van der Waals surface area contributed by atoms with Gasteiger partial charge in [-0.25, -0.2) is 0 Å². The van der Waals surface area contributed by atoms with Gasteiger partial charge in [0, 0.05) is 33.2 Å². The standard InChI is InChI=1S/C21H28N4O4/c1-16(29-18-8-5-4-7-17(18)27-3)15-23-21(22-2)25-12-10-24(11-13-25)20(26)19-9-6-14-28-19/h4-9,14,16H,10-13,15H2,1-3H3,(H,22,23). The Morgan fingerprint density at radius 2 is 1.83 bits per heavy atom. The molecule has 1 amide bonds. The maximum absolute atomic E-state index is 12.4. The molecule has 1 aliphatic heterocycles. The highest BCUT2D eigenvalue weighted by Gasteiger charge is 2.25. The van der Waals surface area contributed by atoms with Crippen LogP contribution in [0.5, 0.6) is 11.5 Å². The second kappa shape index (κ2) is 9.86. The highest BCUT2D eigenvalue weighted by Crippen LogP contribution is 2.26. The molecule has 8 nitrogen and oxygen atoms in total. The van der Waals surface area contributed by atoms with Gasteiger partial charge in [-0.1, -0.05) is 12.1 Å². The van der Waals surface area contributed by atoms with Gasteiger partial charge in [0.25, 0.3) is 5.91 Å². The first kappa shape index (κ1) is 20.6. The summed E-state index contributed by atoms with van der Waals surface area (Å²) in [5, 5.41) is 3.36. The molecule has 1 saturated heterocycles. The van der Waals surface area contributed by atoms with E-state index in [1.807, 2.05) is 31.2 Å². The zero-order valence-electron chi connectivity index (χ0n) is 17.1. The molecule has 2 heterocycles. The number of nitrogens with zero attached hydrogens (tertiary/aromatic N) is 3. The lowest BCUT2D eigenvalue weighted by atomic mass is 10.3. The maximum atomic E-state index is 12.4. The highest BCUT2D eigenvalue weighted by atomic mass is 16.5. The molecule has 0 bridgehead atoms. The molecule has 0 aliphatic carbocycles. The van der Waals surface area contributed by atoms with E-state index in [0.717, 1.165) is 5.96 Å². The normalized spacial score (nSPS) is 15.8. The monoisotopic (exact) mass is 400 g/mol. The Bertz CT molecular complexity index is 814. The average Bonchev–Trinajstić information content (AvgIpc) is 3.29. The van der Waals surface area contributed by atoms with Crippen LogP contribution in [0.25, 0.3) is 0 Å². The van der Waals surface area contributed by atoms with E-state index in [1.165, 1.54) is 6.26 Å². The molecule has 156 valence electrons. The largest absolute Gasteiger partial charge is 0.493 e. The molecule has 0 radical (unpaired) electrons. The summed E-state index contributed by atoms with van der Waals surface area (Å²) in [4.78, 5) is 20.7. The van der Waals surface area contributed by atoms with Crippen molar-refractivity contribution in [3.63, 3.8) is 0 Å². The van der Waals surface area contributed by atoms with Gasteiger partial charge in [-0.15, -0.1) is 0 Å². The lowest BCUT2D eigenvalue weighted by molar-refractivity contribution is 0.0657. The van der Waals surface area contributed by atoms with E-state index < -0.39 is 0 Å². The van der Waals surface area contributed by atoms with Gasteiger partial charge in [0.05, 0.1) is 19.9 Å². The van der Waals surface area contributed by atoms with Crippen LogP contribution < -0.4 is 14.8 Å². The minimum absolute atomic E-state index is 0.0728. The number of nitrogens with one attached hydrogen (secondary N) is 1. The number of carbonyl (C=O) groups is 1. The molecule has 0 spiro atoms. The third kappa shape index (κ3) is 5.22. The summed E-state index contributed by atoms with van der Waals surface area (Å²) in [7, 11) is 3.39. The van der Waals surface area contributed by atoms with Crippen LogP contribution in [0.1, 0.15) is 17.5 Å². The summed E-state index contributed by atoms with van der Waals surface area (Å²) in [6.45, 7) is 5.23. The van der Waals surface area contributed by atoms with E-state index >= 15 is 0 Å². The summed E-state index contributed by atoms with van der Waals surface area (Å²) < 4.78 is 16.5. The van der Waals surface area contributed by atoms with Crippen molar-refractivity contribution in [1.82, 2.24) is 15.1 Å². The zero-order valence-corrected chi connectivity index (χ0v) is 17.1. The van der Waals surface area contributed by atoms with E-state index in [-0.39, 0.29) is 12.0 Å². The molecule has 1 aliphatic rings. The summed E-state index contributed by atoms with van der Waals surface area (Å²) in [6, 6.07) is 11.0. The molecule has 1 fully saturated rings. The van der Waals surface area contributed by atoms with Gasteiger partial charge in [0.2, 0.25) is 0 Å². The molecule has 1 N–H and O–H groups in total. The van der Waals surface area contributed by atoms with Crippen LogP contribution in [0.15, 0.2) is 52.1 Å². The van der Waals surface area contributed by atoms with Crippen molar-refractivity contribution < 1.29 is 18.7 Å². The Labute approximate surface area is 171 Å². The summed E-state index contributed by atoms with van der Waals surface area (Å²) in [5.41, 5.74) is 0. The van der Waals surface area contributed by atoms with Gasteiger partial charge < -0.3 is 29.0 Å². The van der Waals surface area contributed by atoms with Gasteiger partial charge in [0.1, 0.15) is 6.10 Å². The second-order valence-electron chi connectivity index (χ2n) is 6.76. The van der Waals surface area contributed by atoms with Crippen LogP contribution in [0, 0.1) is 0 Å². The molecule has 0 saturated carbocycles. The molecular weight excluding hydrogens is 372 g/mol. The molecule has 1 aromatic carbocycles. The van der Waals surface area contributed by atoms with Crippen molar-refractivity contribution in [2.24, 2.45) is 4.99 Å². The zero-order chi connectivity index (χ0) is 20.6. The Hall–Kier alpha value is -3.16. The summed E-state index contributed by atoms with van der Waals surface area (Å²) in [6.07, 6.45) is 1.44. The fraction of sp³-hybridized carbons (Fsp3) is 0.429. The van der Waals surface area contributed by atoms with E-state index in [2.05, 4.69) is 15.2 Å². The Balaban J connectivity index is 1.47. The number of methoxy groups -OCH3 is 1. The topological polar surface area (TPSA) is 79.5 Å². The lowest BCUT2D eigenvalue weighted by Crippen LogP contribution is -2.54. The minimum atomic E-state index is -0.0788. The molecule has 1 unspecified atom stereocenters. The number of furan rings is 1. The fourth-order valence-corrected chi connectivity index (χ4v) is 3.22. The number of aliphatic imine (C=N–C) groups is 1. The first-order valence-electron chi connectivity index (χ1n) is 9.70. The van der Waals surface area contributed by atoms with Crippen molar-refractivity contribution in [2.45, 2.75) is 13.0 Å². The quantitative estimate of drug-likeness (QED) is 0.591. The number of piperazine rings is 1. The lowest BCUT2D eigenvalue weighted by Gasteiger charge is -2.36. The second-order valence-corrected chi connectivity index (χ2v) is 6.76. The molecule has 2 aromatic rings. The van der Waals surface area contributed by atoms with E-state index in [9.17, 15) is 4.79 Å². The van der Waals surface area contributed by atoms with Crippen molar-refractivity contribution in [3.05, 3.63) is 48.4 Å². The molecule has 29 heavy (non-hydrogen) atoms. The van der Waals surface area contributed by atoms with Gasteiger partial charge in [0.15, 0.2) is 23.2 Å². The Kier molecular flexibility index (Phi) is 6.99. The van der Waals surface area contributed by atoms with Crippen LogP contribution in [0.3, 0.4) is 0 Å². The van der Waals surface area contributed by atoms with Crippen molar-refractivity contribution in [2.75, 3.05) is 46.9 Å². The number of benzene rings is 1. The number of hydrogen-bond donors (Lipinski definition) is 1. The first-order chi connectivity index (χ1) is 14.1. The predicted molar refractivity (Wildman–Crippen MR) is 111 cm³/mol. The average molecular weight is 400 g/mol. The van der Waals surface area contributed by atoms with Crippen molar-refractivity contribution in [1.29, 1.82) is 0 Å². The van der Waals surface area contributed by atoms with Gasteiger partial charge in [-0.3, -0.25) is 9.79 Å². The minimum Gasteiger partial charge on any atom is -0.493 e. The summed E-state index contributed by atoms with van der Waals surface area (Å²) >= 11 is 0. The number of hydrogen-bond acceptors (Lipinski definition) is 5. The van der Waals surface area contributed by atoms with Gasteiger partial charge in [-0.05, 0) is 31.2 Å². The van der Waals surface area contributed by atoms with Crippen LogP contribution in [-0.2, 0) is 0 Å². The fourth-order valence-electron chi connectivity index (χ4n) is 3.22. The SMILES string of the molecule is CN=C(NCC(C)Oc1ccccc1OC)N1CCN(C(=O)c2ccco2)CC1. The van der Waals surface area contributed by atoms with Gasteiger partial charge >= 0.3 is 0 Å². The third-order valence-corrected chi connectivity index (χ3v) is 4.76. The Morgan fingerprint density at radius 1 is 1.14 bits per heavy atom. The third-order valence-electron chi connectivity index (χ3n) is 4.76. The number of para-hydroxylation sites is 2. The van der Waals surface area contributed by atoms with E-state index in [4.69, 9.17) is 13.9 Å². The van der Waals surface area contributed by atoms with Crippen LogP contribution in [-0.4, -0.2) is 74.7 Å². The van der Waals surface area contributed by atoms with E-state index in [0.29, 0.717) is 50.0 Å². The van der Waals surface area contributed by atoms with Gasteiger partial charge in [-0.2, -0.15) is 0 Å². The van der Waals surface area contributed by atoms with Crippen LogP contribution in [0.2, 0.25) is 0 Å². The predicted octanol–water partition coefficient (Wildman–Crippen LogP) is 2.09. The van der Waals surface area contributed by atoms with Crippen molar-refractivity contribution in [3.8, 4) is 11.5 Å². The molecule has 3 rings (SSSR count). The van der Waals surface area contributed by atoms with Crippen LogP contribution >= 0.6 is 0 Å². The highest BCUT2D eigenvalue weighted by molar-refractivity contribution is 5.91. The molecular formula is C21H28N4O4. The van der Waals surface area contributed by atoms with Crippen LogP contribution in [0.4, 0.5) is 0 Å². The molecule has 1 aromatic heterocycles. The molecule has 8 heteroatoms. The molecule has 1 atom stereocenters. The number of carbonyl (C=O) groups excluding carboxylic acids is 1. The smallest absolute Gasteiger partial charge is 0.289 e. The first-order valence-corrected chi connectivity index (χ1v) is 9.70. The summed E-state index contributed by atoms with van der Waals surface area (Å²) in [5.74, 6) is 2.52. The number of guanidine groups is 1. The van der Waals surface area contributed by atoms with E-state index in [1.54, 1.807) is 31.2 Å². The maximum Gasteiger partial charge on any atom is 0.289 e. The Morgan fingerprint density at radius 3 is 2.45 bits per heavy atom. The number of amides is 1. The van der Waals surface area contributed by atoms with Crippen molar-refractivity contribution >= 4 is 11.9 Å².